The van der Waals surface area contributed by atoms with Gasteiger partial charge in [0.25, 0.3) is 0 Å². The lowest BCUT2D eigenvalue weighted by Crippen LogP contribution is -2.62. The van der Waals surface area contributed by atoms with E-state index < -0.39 is 24.0 Å². The van der Waals surface area contributed by atoms with Gasteiger partial charge in [0.1, 0.15) is 12.1 Å². The van der Waals surface area contributed by atoms with Crippen LogP contribution in [0.2, 0.25) is 0 Å². The summed E-state index contributed by atoms with van der Waals surface area (Å²) in [5, 5.41) is 8.07. The average Bonchev–Trinajstić information content (AvgIpc) is 3.04. The highest BCUT2D eigenvalue weighted by atomic mass is 16.2. The van der Waals surface area contributed by atoms with Gasteiger partial charge in [-0.2, -0.15) is 0 Å². The minimum absolute atomic E-state index is 0.0371. The molecular weight excluding hydrogens is 340 g/mol. The van der Waals surface area contributed by atoms with Crippen molar-refractivity contribution in [2.24, 2.45) is 5.73 Å². The highest BCUT2D eigenvalue weighted by Crippen LogP contribution is 2.29. The molecule has 2 rings (SSSR count). The van der Waals surface area contributed by atoms with E-state index in [1.807, 2.05) is 0 Å². The number of primary amides is 1. The maximum Gasteiger partial charge on any atom is 0.317 e. The van der Waals surface area contributed by atoms with Crippen LogP contribution in [0.4, 0.5) is 4.79 Å². The van der Waals surface area contributed by atoms with Crippen LogP contribution < -0.4 is 21.7 Å². The fourth-order valence-electron chi connectivity index (χ4n) is 3.53. The Labute approximate surface area is 152 Å². The zero-order valence-electron chi connectivity index (χ0n) is 15.4. The van der Waals surface area contributed by atoms with Gasteiger partial charge >= 0.3 is 6.03 Å². The number of rotatable bonds is 4. The Kier molecular flexibility index (Phi) is 6.41. The summed E-state index contributed by atoms with van der Waals surface area (Å²) in [7, 11) is 3.16. The van der Waals surface area contributed by atoms with E-state index in [0.29, 0.717) is 25.8 Å². The van der Waals surface area contributed by atoms with Crippen molar-refractivity contribution in [2.45, 2.75) is 50.4 Å². The minimum atomic E-state index is -0.932. The molecule has 0 aromatic carbocycles. The van der Waals surface area contributed by atoms with Crippen molar-refractivity contribution >= 4 is 23.8 Å². The number of fused-ring (bicyclic) bond motifs is 1. The molecule has 5 N–H and O–H groups in total. The van der Waals surface area contributed by atoms with E-state index in [9.17, 15) is 19.2 Å². The molecule has 0 spiro atoms. The summed E-state index contributed by atoms with van der Waals surface area (Å²) < 4.78 is 0. The summed E-state index contributed by atoms with van der Waals surface area (Å²) in [6.07, 6.45) is 1.71. The number of nitrogens with two attached hydrogens (primary N) is 1. The maximum atomic E-state index is 13.1. The van der Waals surface area contributed by atoms with Crippen molar-refractivity contribution in [1.82, 2.24) is 25.8 Å². The molecule has 26 heavy (non-hydrogen) atoms. The highest BCUT2D eigenvalue weighted by molar-refractivity contribution is 5.94. The molecule has 2 heterocycles. The van der Waals surface area contributed by atoms with Crippen molar-refractivity contribution in [2.75, 3.05) is 27.2 Å². The molecule has 146 valence electrons. The van der Waals surface area contributed by atoms with Gasteiger partial charge in [0.2, 0.25) is 17.7 Å². The van der Waals surface area contributed by atoms with Gasteiger partial charge in [-0.15, -0.1) is 0 Å². The first-order valence-corrected chi connectivity index (χ1v) is 8.85. The first-order valence-electron chi connectivity index (χ1n) is 8.85. The minimum Gasteiger partial charge on any atom is -0.368 e. The molecule has 2 aliphatic heterocycles. The smallest absolute Gasteiger partial charge is 0.317 e. The lowest BCUT2D eigenvalue weighted by Gasteiger charge is -2.38. The third-order valence-electron chi connectivity index (χ3n) is 5.16. The fourth-order valence-corrected chi connectivity index (χ4v) is 3.53. The summed E-state index contributed by atoms with van der Waals surface area (Å²) >= 11 is 0. The van der Waals surface area contributed by atoms with Crippen LogP contribution in [0, 0.1) is 0 Å². The summed E-state index contributed by atoms with van der Waals surface area (Å²) in [5.41, 5.74) is 5.47. The van der Waals surface area contributed by atoms with Crippen LogP contribution in [0.1, 0.15) is 26.2 Å². The highest BCUT2D eigenvalue weighted by Gasteiger charge is 2.44. The van der Waals surface area contributed by atoms with Crippen LogP contribution in [0.25, 0.3) is 0 Å². The molecule has 2 saturated heterocycles. The average molecular weight is 368 g/mol. The predicted octanol–water partition coefficient (Wildman–Crippen LogP) is -2.03. The van der Waals surface area contributed by atoms with Crippen molar-refractivity contribution in [3.63, 3.8) is 0 Å². The number of amides is 5. The molecule has 0 aromatic rings. The second kappa shape index (κ2) is 8.35. The van der Waals surface area contributed by atoms with E-state index in [1.165, 1.54) is 16.8 Å². The Hall–Kier alpha value is -2.36. The normalized spacial score (nSPS) is 27.2. The Morgan fingerprint density at radius 3 is 2.46 bits per heavy atom. The second-order valence-electron chi connectivity index (χ2n) is 6.76. The van der Waals surface area contributed by atoms with Crippen LogP contribution in [0.3, 0.4) is 0 Å². The van der Waals surface area contributed by atoms with Crippen LogP contribution in [0.5, 0.6) is 0 Å². The molecule has 2 aliphatic rings. The predicted molar refractivity (Wildman–Crippen MR) is 93.9 cm³/mol. The Morgan fingerprint density at radius 1 is 1.19 bits per heavy atom. The molecule has 0 aromatic heterocycles. The van der Waals surface area contributed by atoms with Crippen LogP contribution in [-0.4, -0.2) is 84.9 Å². The monoisotopic (exact) mass is 368 g/mol. The van der Waals surface area contributed by atoms with Crippen molar-refractivity contribution < 1.29 is 19.2 Å². The van der Waals surface area contributed by atoms with Gasteiger partial charge in [-0.25, -0.2) is 4.79 Å². The van der Waals surface area contributed by atoms with Crippen molar-refractivity contribution in [3.8, 4) is 0 Å². The number of urea groups is 1. The van der Waals surface area contributed by atoms with Gasteiger partial charge in [-0.1, -0.05) is 0 Å². The maximum absolute atomic E-state index is 13.1. The number of carbonyl (C=O) groups excluding carboxylic acids is 4. The lowest BCUT2D eigenvalue weighted by molar-refractivity contribution is -0.144. The number of carbonyl (C=O) groups is 4. The number of likely N-dealkylation sites (N-methyl/N-ethyl adjacent to an activating group) is 1. The van der Waals surface area contributed by atoms with Crippen LogP contribution in [0.15, 0.2) is 0 Å². The summed E-state index contributed by atoms with van der Waals surface area (Å²) in [6, 6.07) is -2.58. The largest absolute Gasteiger partial charge is 0.368 e. The van der Waals surface area contributed by atoms with E-state index >= 15 is 0 Å². The van der Waals surface area contributed by atoms with E-state index in [-0.39, 0.29) is 30.4 Å². The summed E-state index contributed by atoms with van der Waals surface area (Å²) in [6.45, 7) is 2.13. The molecule has 0 aliphatic carbocycles. The third kappa shape index (κ3) is 4.06. The number of nitrogens with one attached hydrogen (secondary N) is 3. The Balaban J connectivity index is 2.28. The number of nitrogens with zero attached hydrogens (tertiary/aromatic N) is 2. The summed E-state index contributed by atoms with van der Waals surface area (Å²) in [5.74, 6) is -1.27. The molecule has 4 atom stereocenters. The zero-order chi connectivity index (χ0) is 19.4. The molecule has 0 bridgehead atoms. The van der Waals surface area contributed by atoms with Crippen molar-refractivity contribution in [1.29, 1.82) is 0 Å². The van der Waals surface area contributed by atoms with Gasteiger partial charge in [0.05, 0.1) is 12.6 Å². The van der Waals surface area contributed by atoms with Crippen LogP contribution >= 0.6 is 0 Å². The van der Waals surface area contributed by atoms with Gasteiger partial charge < -0.3 is 31.5 Å². The first kappa shape index (κ1) is 20.0. The quantitative estimate of drug-likeness (QED) is 0.453. The Morgan fingerprint density at radius 2 is 1.88 bits per heavy atom. The first-order chi connectivity index (χ1) is 12.3. The van der Waals surface area contributed by atoms with Gasteiger partial charge in [0, 0.05) is 19.6 Å². The van der Waals surface area contributed by atoms with Gasteiger partial charge in [0.15, 0.2) is 0 Å². The van der Waals surface area contributed by atoms with Crippen molar-refractivity contribution in [3.05, 3.63) is 0 Å². The van der Waals surface area contributed by atoms with E-state index in [2.05, 4.69) is 16.0 Å². The number of hydrogen-bond acceptors (Lipinski definition) is 5. The fraction of sp³-hybridized carbons (Fsp3) is 0.750. The van der Waals surface area contributed by atoms with E-state index in [0.717, 1.165) is 0 Å². The second-order valence-corrected chi connectivity index (χ2v) is 6.76. The lowest BCUT2D eigenvalue weighted by atomic mass is 10.1. The molecule has 0 saturated carbocycles. The van der Waals surface area contributed by atoms with Gasteiger partial charge in [-0.05, 0) is 33.2 Å². The van der Waals surface area contributed by atoms with Crippen LogP contribution in [-0.2, 0) is 14.4 Å². The Bertz CT molecular complexity index is 583. The molecule has 0 radical (unpaired) electrons. The summed E-state index contributed by atoms with van der Waals surface area (Å²) in [4.78, 5) is 52.3. The number of hydrogen-bond donors (Lipinski definition) is 4. The SMILES string of the molecule is CNC(=O)N1CCC2CCC(C(N)=O)N2C(=O)C(NC(=O)[C@H](C)NC)C1. The molecule has 10 nitrogen and oxygen atoms in total. The molecule has 2 fully saturated rings. The topological polar surface area (TPSA) is 137 Å². The third-order valence-corrected chi connectivity index (χ3v) is 5.16. The molecular formula is C16H28N6O4. The molecule has 5 amide bonds. The van der Waals surface area contributed by atoms with E-state index in [1.54, 1.807) is 14.0 Å². The zero-order valence-corrected chi connectivity index (χ0v) is 15.4. The van der Waals surface area contributed by atoms with E-state index in [4.69, 9.17) is 5.73 Å². The van der Waals surface area contributed by atoms with Gasteiger partial charge in [-0.3, -0.25) is 14.4 Å². The standard InChI is InChI=1S/C16H28N6O4/c1-9(18-2)14(24)20-11-8-21(16(26)19-3)7-6-10-4-5-12(13(17)23)22(10)15(11)25/h9-12,18H,4-8H2,1-3H3,(H2,17,23)(H,19,26)(H,20,24)/t9-,10?,11?,12?/m0/s1. The molecule has 3 unspecified atom stereocenters. The molecule has 10 heteroatoms.